The summed E-state index contributed by atoms with van der Waals surface area (Å²) in [5.74, 6) is -6.40. The third-order valence-corrected chi connectivity index (χ3v) is 14.6. The minimum absolute atomic E-state index is 0.144. The summed E-state index contributed by atoms with van der Waals surface area (Å²) in [5, 5.41) is 118. The van der Waals surface area contributed by atoms with Crippen molar-refractivity contribution < 1.29 is 84.4 Å². The van der Waals surface area contributed by atoms with Crippen LogP contribution in [0.3, 0.4) is 0 Å². The van der Waals surface area contributed by atoms with E-state index in [2.05, 4.69) is 10.6 Å². The van der Waals surface area contributed by atoms with Gasteiger partial charge in [0.25, 0.3) is 5.91 Å². The molecule has 0 aromatic heterocycles. The van der Waals surface area contributed by atoms with Crippen molar-refractivity contribution in [2.75, 3.05) is 27.2 Å². The number of allylic oxidation sites excluding steroid dienone is 12. The SMILES string of the molecule is C[C@@H]1[C@H](O)[C@@H](C)/C=C/C=C/C=C/C=C/C=C/C=C/C=C/[C@H](O[C@@H]2O[C@H](C)[C@@H](O)[C@H](NC(=O)c3ccc(CN)cc3)[C@@H]2O)C[C@@H]2O[C@](O)(C[C@@H](O)[C@H](O)CC[C@@H](O)C[C@@H](O)C[C@@H](O)CC(=O)O[C@H]1C)C[C@H](O)[C@H]2C(=O)NCCN(C)C. The Morgan fingerprint density at radius 1 is 0.700 bits per heavy atom. The highest BCUT2D eigenvalue weighted by Gasteiger charge is 2.51. The molecule has 4 rings (SSSR count). The average molecular weight is 1130 g/mol. The topological polar surface area (TPSA) is 344 Å². The first-order chi connectivity index (χ1) is 37.9. The number of benzene rings is 1. The van der Waals surface area contributed by atoms with Gasteiger partial charge < -0.3 is 91.3 Å². The van der Waals surface area contributed by atoms with Crippen LogP contribution < -0.4 is 16.4 Å². The van der Waals surface area contributed by atoms with E-state index in [0.717, 1.165) is 5.56 Å². The number of ether oxygens (including phenoxy) is 4. The van der Waals surface area contributed by atoms with Crippen molar-refractivity contribution in [2.45, 2.75) is 183 Å². The Labute approximate surface area is 470 Å². The number of carbonyl (C=O) groups excluding carboxylic acids is 3. The van der Waals surface area contributed by atoms with Gasteiger partial charge in [0.2, 0.25) is 5.91 Å². The number of esters is 1. The molecule has 448 valence electrons. The summed E-state index contributed by atoms with van der Waals surface area (Å²) in [5.41, 5.74) is 6.76. The second kappa shape index (κ2) is 34.0. The first-order valence-corrected chi connectivity index (χ1v) is 27.7. The zero-order valence-electron chi connectivity index (χ0n) is 46.9. The van der Waals surface area contributed by atoms with Crippen LogP contribution in [-0.4, -0.2) is 198 Å². The number of nitrogens with one attached hydrogen (secondary N) is 2. The van der Waals surface area contributed by atoms with Crippen LogP contribution in [0.15, 0.2) is 109 Å². The van der Waals surface area contributed by atoms with Gasteiger partial charge in [0.15, 0.2) is 12.1 Å². The Morgan fingerprint density at radius 3 is 1.88 bits per heavy atom. The maximum absolute atomic E-state index is 14.0. The molecular weight excluding hydrogens is 1040 g/mol. The van der Waals surface area contributed by atoms with E-state index < -0.39 is 146 Å². The van der Waals surface area contributed by atoms with Gasteiger partial charge in [0.1, 0.15) is 18.3 Å². The molecule has 2 saturated heterocycles. The van der Waals surface area contributed by atoms with Crippen molar-refractivity contribution in [3.8, 4) is 0 Å². The molecule has 3 aliphatic rings. The van der Waals surface area contributed by atoms with Crippen molar-refractivity contribution >= 4 is 17.8 Å². The molecule has 1 aromatic carbocycles. The Bertz CT molecular complexity index is 2260. The van der Waals surface area contributed by atoms with E-state index in [0.29, 0.717) is 6.54 Å². The normalized spacial score (nSPS) is 39.1. The number of rotatable bonds is 9. The summed E-state index contributed by atoms with van der Waals surface area (Å²) in [6, 6.07) is 5.18. The molecule has 0 aliphatic carbocycles. The molecule has 0 saturated carbocycles. The van der Waals surface area contributed by atoms with E-state index in [4.69, 9.17) is 24.7 Å². The lowest BCUT2D eigenvalue weighted by Crippen LogP contribution is -2.64. The summed E-state index contributed by atoms with van der Waals surface area (Å²) in [6.45, 7) is 7.64. The summed E-state index contributed by atoms with van der Waals surface area (Å²) in [7, 11) is 3.63. The number of likely N-dealkylation sites (N-methyl/N-ethyl adjacent to an activating group) is 1. The maximum atomic E-state index is 14.0. The fraction of sp³-hybridized carbons (Fsp3) is 0.610. The lowest BCUT2D eigenvalue weighted by Gasteiger charge is -2.46. The van der Waals surface area contributed by atoms with Crippen LogP contribution in [0.4, 0.5) is 0 Å². The van der Waals surface area contributed by atoms with Crippen LogP contribution in [0.25, 0.3) is 0 Å². The second-order valence-corrected chi connectivity index (χ2v) is 21.6. The molecule has 0 radical (unpaired) electrons. The summed E-state index contributed by atoms with van der Waals surface area (Å²) in [4.78, 5) is 42.0. The van der Waals surface area contributed by atoms with Gasteiger partial charge in [-0.15, -0.1) is 0 Å². The Hall–Kier alpha value is -4.79. The number of aliphatic hydroxyl groups excluding tert-OH is 9. The van der Waals surface area contributed by atoms with Crippen LogP contribution in [0.1, 0.15) is 95.0 Å². The Balaban J connectivity index is 1.66. The van der Waals surface area contributed by atoms with Crippen LogP contribution in [0, 0.1) is 17.8 Å². The minimum atomic E-state index is -2.35. The Morgan fingerprint density at radius 2 is 1.27 bits per heavy atom. The van der Waals surface area contributed by atoms with Gasteiger partial charge in [-0.1, -0.05) is 111 Å². The molecule has 2 amide bonds. The fourth-order valence-electron chi connectivity index (χ4n) is 9.66. The Kier molecular flexibility index (Phi) is 28.8. The number of nitrogens with two attached hydrogens (primary N) is 1. The first-order valence-electron chi connectivity index (χ1n) is 27.7. The zero-order valence-corrected chi connectivity index (χ0v) is 46.9. The van der Waals surface area contributed by atoms with E-state index >= 15 is 0 Å². The molecule has 0 spiro atoms. The number of hydrogen-bond acceptors (Lipinski definition) is 19. The van der Waals surface area contributed by atoms with Crippen molar-refractivity contribution in [3.63, 3.8) is 0 Å². The second-order valence-electron chi connectivity index (χ2n) is 21.6. The van der Waals surface area contributed by atoms with Crippen molar-refractivity contribution in [1.82, 2.24) is 15.5 Å². The van der Waals surface area contributed by atoms with Crippen LogP contribution in [0.2, 0.25) is 0 Å². The molecule has 14 N–H and O–H groups in total. The molecule has 2 fully saturated rings. The van der Waals surface area contributed by atoms with E-state index in [9.17, 15) is 65.4 Å². The number of cyclic esters (lactones) is 1. The molecule has 1 aromatic rings. The summed E-state index contributed by atoms with van der Waals surface area (Å²) in [6.07, 6.45) is 3.36. The predicted octanol–water partition coefficient (Wildman–Crippen LogP) is 1.23. The molecule has 2 bridgehead atoms. The van der Waals surface area contributed by atoms with E-state index in [1.54, 1.807) is 92.8 Å². The number of fused-ring (bicyclic) bond motifs is 2. The quantitative estimate of drug-likeness (QED) is 0.155. The van der Waals surface area contributed by atoms with E-state index in [1.807, 2.05) is 56.3 Å². The van der Waals surface area contributed by atoms with Crippen LogP contribution in [0.5, 0.6) is 0 Å². The highest BCUT2D eigenvalue weighted by Crippen LogP contribution is 2.38. The average Bonchev–Trinajstić information content (AvgIpc) is 3.43. The van der Waals surface area contributed by atoms with Gasteiger partial charge in [0, 0.05) is 56.3 Å². The van der Waals surface area contributed by atoms with Gasteiger partial charge in [-0.05, 0) is 71.3 Å². The van der Waals surface area contributed by atoms with E-state index in [1.165, 1.54) is 6.92 Å². The van der Waals surface area contributed by atoms with Gasteiger partial charge in [-0.3, -0.25) is 14.4 Å². The third kappa shape index (κ3) is 22.5. The monoisotopic (exact) mass is 1130 g/mol. The van der Waals surface area contributed by atoms with E-state index in [-0.39, 0.29) is 56.7 Å². The number of aliphatic hydroxyl groups is 10. The lowest BCUT2D eigenvalue weighted by atomic mass is 9.82. The molecule has 3 aliphatic heterocycles. The van der Waals surface area contributed by atoms with Gasteiger partial charge in [0.05, 0.1) is 79.4 Å². The highest BCUT2D eigenvalue weighted by molar-refractivity contribution is 5.94. The third-order valence-electron chi connectivity index (χ3n) is 14.6. The molecule has 21 nitrogen and oxygen atoms in total. The van der Waals surface area contributed by atoms with Crippen LogP contribution >= 0.6 is 0 Å². The standard InChI is InChI=1S/C59H90N4O17/c1-36-19-17-15-13-11-9-7-8-10-12-14-16-18-20-45(79-58-55(73)52(54(72)39(4)78-58)62-56(74)41-23-21-40(35-60)22-24-41)32-49-51(57(75)61-27-28-63(5)6)48(69)34-59(76,80-49)33-47(68)46(67)26-25-42(64)29-43(65)30-44(66)31-50(70)77-38(3)37(2)53(36)71/h7-24,36-39,42-49,51-55,58,64-69,71-73,76H,25-35,60H2,1-6H3,(H,61,75)(H,62,74)/b8-7+,11-9+,12-10+,15-13+,16-14+,19-17+,20-18+/t36-,37-,38-,39+,42+,43+,44+,45-,46+,47+,48-,49-,51+,52-,53+,54+,55-,58-,59+/m0/s1. The molecular formula is C59H90N4O17. The van der Waals surface area contributed by atoms with Gasteiger partial charge in [-0.2, -0.15) is 0 Å². The van der Waals surface area contributed by atoms with Crippen molar-refractivity contribution in [1.29, 1.82) is 0 Å². The smallest absolute Gasteiger partial charge is 0.308 e. The lowest BCUT2D eigenvalue weighted by molar-refractivity contribution is -0.309. The molecule has 80 heavy (non-hydrogen) atoms. The van der Waals surface area contributed by atoms with Gasteiger partial charge in [-0.25, -0.2) is 0 Å². The summed E-state index contributed by atoms with van der Waals surface area (Å²) >= 11 is 0. The number of carbonyl (C=O) groups is 3. The summed E-state index contributed by atoms with van der Waals surface area (Å²) < 4.78 is 24.2. The first kappa shape index (κ1) is 67.7. The number of amides is 2. The highest BCUT2D eigenvalue weighted by atomic mass is 16.7. The molecule has 3 heterocycles. The molecule has 19 atom stereocenters. The largest absolute Gasteiger partial charge is 0.462 e. The fourth-order valence-corrected chi connectivity index (χ4v) is 9.66. The maximum Gasteiger partial charge on any atom is 0.308 e. The molecule has 0 unspecified atom stereocenters. The predicted molar refractivity (Wildman–Crippen MR) is 299 cm³/mol. The zero-order chi connectivity index (χ0) is 59.1. The number of nitrogens with zero attached hydrogens (tertiary/aromatic N) is 1. The van der Waals surface area contributed by atoms with Crippen molar-refractivity contribution in [2.24, 2.45) is 23.5 Å². The minimum Gasteiger partial charge on any atom is -0.462 e. The van der Waals surface area contributed by atoms with Gasteiger partial charge >= 0.3 is 5.97 Å². The number of hydrogen-bond donors (Lipinski definition) is 13. The van der Waals surface area contributed by atoms with Crippen LogP contribution in [-0.2, 0) is 35.1 Å². The molecule has 21 heteroatoms. The van der Waals surface area contributed by atoms with Crippen molar-refractivity contribution in [3.05, 3.63) is 120 Å².